The van der Waals surface area contributed by atoms with Gasteiger partial charge in [-0.25, -0.2) is 0 Å². The first-order valence-corrected chi connectivity index (χ1v) is 4.61. The molecule has 1 saturated heterocycles. The maximum absolute atomic E-state index is 9.43. The van der Waals surface area contributed by atoms with Crippen LogP contribution in [0, 0.1) is 6.92 Å². The molecule has 1 aromatic rings. The number of rotatable bonds is 2. The molecular formula is C10H13NO3. The summed E-state index contributed by atoms with van der Waals surface area (Å²) in [5.41, 5.74) is 0.945. The van der Waals surface area contributed by atoms with E-state index in [4.69, 9.17) is 9.47 Å². The molecule has 0 unspecified atom stereocenters. The monoisotopic (exact) mass is 195 g/mol. The lowest BCUT2D eigenvalue weighted by molar-refractivity contribution is 0.0731. The van der Waals surface area contributed by atoms with Crippen LogP contribution in [0.1, 0.15) is 5.69 Å². The highest BCUT2D eigenvalue weighted by Gasteiger charge is 2.27. The van der Waals surface area contributed by atoms with E-state index in [1.807, 2.05) is 19.1 Å². The SMILES string of the molecule is Cc1ccc(O[C@H]2COC[C@@H]2O)cn1. The highest BCUT2D eigenvalue weighted by molar-refractivity contribution is 5.19. The van der Waals surface area contributed by atoms with E-state index in [-0.39, 0.29) is 6.10 Å². The van der Waals surface area contributed by atoms with Gasteiger partial charge in [0.05, 0.1) is 19.4 Å². The van der Waals surface area contributed by atoms with Gasteiger partial charge in [-0.15, -0.1) is 0 Å². The lowest BCUT2D eigenvalue weighted by Gasteiger charge is -2.14. The highest BCUT2D eigenvalue weighted by Crippen LogP contribution is 2.16. The fraction of sp³-hybridized carbons (Fsp3) is 0.500. The van der Waals surface area contributed by atoms with E-state index < -0.39 is 6.10 Å². The molecule has 1 aromatic heterocycles. The number of aromatic nitrogens is 1. The third-order valence-corrected chi connectivity index (χ3v) is 2.17. The Bertz CT molecular complexity index is 299. The van der Waals surface area contributed by atoms with E-state index in [0.717, 1.165) is 5.69 Å². The summed E-state index contributed by atoms with van der Waals surface area (Å²) >= 11 is 0. The largest absolute Gasteiger partial charge is 0.484 e. The maximum Gasteiger partial charge on any atom is 0.150 e. The van der Waals surface area contributed by atoms with Gasteiger partial charge in [-0.3, -0.25) is 4.98 Å². The van der Waals surface area contributed by atoms with Gasteiger partial charge in [-0.1, -0.05) is 0 Å². The van der Waals surface area contributed by atoms with Crippen LogP contribution in [0.15, 0.2) is 18.3 Å². The van der Waals surface area contributed by atoms with E-state index in [0.29, 0.717) is 19.0 Å². The zero-order chi connectivity index (χ0) is 9.97. The number of aryl methyl sites for hydroxylation is 1. The smallest absolute Gasteiger partial charge is 0.150 e. The summed E-state index contributed by atoms with van der Waals surface area (Å²) in [6.45, 7) is 2.70. The minimum Gasteiger partial charge on any atom is -0.484 e. The molecule has 0 bridgehead atoms. The number of hydrogen-bond donors (Lipinski definition) is 1. The van der Waals surface area contributed by atoms with Gasteiger partial charge in [-0.05, 0) is 19.1 Å². The molecule has 4 heteroatoms. The number of hydrogen-bond acceptors (Lipinski definition) is 4. The maximum atomic E-state index is 9.43. The summed E-state index contributed by atoms with van der Waals surface area (Å²) in [6, 6.07) is 3.71. The van der Waals surface area contributed by atoms with Crippen molar-refractivity contribution < 1.29 is 14.6 Å². The normalized spacial score (nSPS) is 26.4. The summed E-state index contributed by atoms with van der Waals surface area (Å²) in [5.74, 6) is 0.671. The Morgan fingerprint density at radius 1 is 1.50 bits per heavy atom. The van der Waals surface area contributed by atoms with E-state index in [2.05, 4.69) is 4.98 Å². The van der Waals surface area contributed by atoms with Crippen LogP contribution in [0.4, 0.5) is 0 Å². The molecule has 0 saturated carbocycles. The van der Waals surface area contributed by atoms with Gasteiger partial charge in [0.15, 0.2) is 0 Å². The summed E-state index contributed by atoms with van der Waals surface area (Å²) in [5, 5.41) is 9.43. The fourth-order valence-corrected chi connectivity index (χ4v) is 1.33. The molecule has 0 amide bonds. The van der Waals surface area contributed by atoms with Crippen molar-refractivity contribution in [1.82, 2.24) is 4.98 Å². The van der Waals surface area contributed by atoms with Crippen LogP contribution < -0.4 is 4.74 Å². The van der Waals surface area contributed by atoms with Crippen LogP contribution in [0.25, 0.3) is 0 Å². The molecule has 2 atom stereocenters. The lowest BCUT2D eigenvalue weighted by Crippen LogP contribution is -2.29. The van der Waals surface area contributed by atoms with Crippen LogP contribution in [-0.2, 0) is 4.74 Å². The summed E-state index contributed by atoms with van der Waals surface area (Å²) < 4.78 is 10.6. The number of aliphatic hydroxyl groups is 1. The van der Waals surface area contributed by atoms with Crippen molar-refractivity contribution in [2.45, 2.75) is 19.1 Å². The average molecular weight is 195 g/mol. The number of ether oxygens (including phenoxy) is 2. The van der Waals surface area contributed by atoms with Gasteiger partial charge < -0.3 is 14.6 Å². The zero-order valence-corrected chi connectivity index (χ0v) is 8.01. The van der Waals surface area contributed by atoms with Crippen molar-refractivity contribution in [3.8, 4) is 5.75 Å². The molecule has 2 heterocycles. The van der Waals surface area contributed by atoms with Gasteiger partial charge >= 0.3 is 0 Å². The summed E-state index contributed by atoms with van der Waals surface area (Å²) in [6.07, 6.45) is 0.858. The molecule has 0 radical (unpaired) electrons. The minimum atomic E-state index is -0.531. The van der Waals surface area contributed by atoms with Crippen molar-refractivity contribution >= 4 is 0 Å². The molecule has 1 N–H and O–H groups in total. The van der Waals surface area contributed by atoms with Crippen LogP contribution in [0.3, 0.4) is 0 Å². The van der Waals surface area contributed by atoms with Crippen molar-refractivity contribution in [3.63, 3.8) is 0 Å². The first kappa shape index (κ1) is 9.43. The van der Waals surface area contributed by atoms with Crippen molar-refractivity contribution in [1.29, 1.82) is 0 Å². The Labute approximate surface area is 82.5 Å². The molecule has 1 aliphatic heterocycles. The highest BCUT2D eigenvalue weighted by atomic mass is 16.6. The topological polar surface area (TPSA) is 51.6 Å². The van der Waals surface area contributed by atoms with Gasteiger partial charge in [0.25, 0.3) is 0 Å². The molecule has 0 spiro atoms. The molecule has 14 heavy (non-hydrogen) atoms. The zero-order valence-electron chi connectivity index (χ0n) is 8.01. The fourth-order valence-electron chi connectivity index (χ4n) is 1.33. The predicted molar refractivity (Wildman–Crippen MR) is 50.2 cm³/mol. The quantitative estimate of drug-likeness (QED) is 0.747. The molecule has 76 valence electrons. The van der Waals surface area contributed by atoms with E-state index in [1.54, 1.807) is 6.20 Å². The van der Waals surface area contributed by atoms with Crippen LogP contribution in [0.5, 0.6) is 5.75 Å². The van der Waals surface area contributed by atoms with Gasteiger partial charge in [-0.2, -0.15) is 0 Å². The first-order valence-electron chi connectivity index (χ1n) is 4.61. The van der Waals surface area contributed by atoms with Crippen LogP contribution in [0.2, 0.25) is 0 Å². The second-order valence-corrected chi connectivity index (χ2v) is 3.40. The number of aliphatic hydroxyl groups excluding tert-OH is 1. The van der Waals surface area contributed by atoms with Crippen LogP contribution >= 0.6 is 0 Å². The molecule has 0 aromatic carbocycles. The number of nitrogens with zero attached hydrogens (tertiary/aromatic N) is 1. The molecular weight excluding hydrogens is 182 g/mol. The Hall–Kier alpha value is -1.13. The summed E-state index contributed by atoms with van der Waals surface area (Å²) in [4.78, 5) is 4.10. The van der Waals surface area contributed by atoms with Gasteiger partial charge in [0.1, 0.15) is 18.0 Å². The predicted octanol–water partition coefficient (Wildman–Crippen LogP) is 0.529. The minimum absolute atomic E-state index is 0.264. The summed E-state index contributed by atoms with van der Waals surface area (Å²) in [7, 11) is 0. The second-order valence-electron chi connectivity index (χ2n) is 3.40. The average Bonchev–Trinajstić information content (AvgIpc) is 2.56. The van der Waals surface area contributed by atoms with Gasteiger partial charge in [0, 0.05) is 5.69 Å². The Morgan fingerprint density at radius 2 is 2.36 bits per heavy atom. The van der Waals surface area contributed by atoms with Crippen molar-refractivity contribution in [2.24, 2.45) is 0 Å². The Kier molecular flexibility index (Phi) is 2.65. The van der Waals surface area contributed by atoms with Crippen LogP contribution in [-0.4, -0.2) is 35.5 Å². The number of pyridine rings is 1. The second kappa shape index (κ2) is 3.94. The van der Waals surface area contributed by atoms with Gasteiger partial charge in [0.2, 0.25) is 0 Å². The van der Waals surface area contributed by atoms with Crippen molar-refractivity contribution in [2.75, 3.05) is 13.2 Å². The third kappa shape index (κ3) is 2.02. The van der Waals surface area contributed by atoms with E-state index >= 15 is 0 Å². The molecule has 2 rings (SSSR count). The lowest BCUT2D eigenvalue weighted by atomic mass is 10.2. The molecule has 1 fully saturated rings. The molecule has 1 aliphatic rings. The first-order chi connectivity index (χ1) is 6.75. The standard InChI is InChI=1S/C10H13NO3/c1-7-2-3-8(4-11-7)14-10-6-13-5-9(10)12/h2-4,9-10,12H,5-6H2,1H3/t9-,10-/m0/s1. The van der Waals surface area contributed by atoms with E-state index in [9.17, 15) is 5.11 Å². The Morgan fingerprint density at radius 3 is 2.93 bits per heavy atom. The Balaban J connectivity index is 2.00. The molecule has 0 aliphatic carbocycles. The van der Waals surface area contributed by atoms with Crippen molar-refractivity contribution in [3.05, 3.63) is 24.0 Å². The van der Waals surface area contributed by atoms with E-state index in [1.165, 1.54) is 0 Å². The third-order valence-electron chi connectivity index (χ3n) is 2.17. The molecule has 4 nitrogen and oxygen atoms in total.